The quantitative estimate of drug-likeness (QED) is 0.834. The maximum atomic E-state index is 5.67. The number of oxazole rings is 1. The first-order chi connectivity index (χ1) is 11.4. The second-order valence-electron chi connectivity index (χ2n) is 6.33. The molecule has 4 rings (SSSR count). The first-order valence-corrected chi connectivity index (χ1v) is 8.53. The summed E-state index contributed by atoms with van der Waals surface area (Å²) in [6, 6.07) is 8.90. The number of benzene rings is 1. The van der Waals surface area contributed by atoms with Crippen molar-refractivity contribution in [1.82, 2.24) is 15.2 Å². The van der Waals surface area contributed by atoms with E-state index in [0.717, 1.165) is 30.4 Å². The van der Waals surface area contributed by atoms with E-state index < -0.39 is 0 Å². The van der Waals surface area contributed by atoms with Gasteiger partial charge < -0.3 is 9.73 Å². The van der Waals surface area contributed by atoms with E-state index in [4.69, 9.17) is 4.42 Å². The van der Waals surface area contributed by atoms with Crippen molar-refractivity contribution in [2.45, 2.75) is 44.6 Å². The molecule has 1 aliphatic heterocycles. The lowest BCUT2D eigenvalue weighted by Gasteiger charge is -2.33. The lowest BCUT2D eigenvalue weighted by atomic mass is 10.1. The second kappa shape index (κ2) is 6.58. The molecule has 0 spiro atoms. The van der Waals surface area contributed by atoms with Crippen molar-refractivity contribution in [3.8, 4) is 0 Å². The summed E-state index contributed by atoms with van der Waals surface area (Å²) in [5, 5.41) is 6.49. The van der Waals surface area contributed by atoms with Crippen molar-refractivity contribution in [2.75, 3.05) is 18.7 Å². The zero-order chi connectivity index (χ0) is 15.5. The predicted octanol–water partition coefficient (Wildman–Crippen LogP) is 3.14. The third-order valence-corrected chi connectivity index (χ3v) is 4.72. The van der Waals surface area contributed by atoms with Crippen molar-refractivity contribution in [1.29, 1.82) is 0 Å². The maximum absolute atomic E-state index is 5.67. The van der Waals surface area contributed by atoms with Gasteiger partial charge in [-0.2, -0.15) is 4.98 Å². The number of aliphatic imine (C=N–C) groups is 1. The third-order valence-electron chi connectivity index (χ3n) is 4.72. The summed E-state index contributed by atoms with van der Waals surface area (Å²) in [7, 11) is 0. The van der Waals surface area contributed by atoms with Gasteiger partial charge in [0.1, 0.15) is 5.52 Å². The number of nitrogens with zero attached hydrogens (tertiary/aromatic N) is 3. The van der Waals surface area contributed by atoms with Crippen LogP contribution in [0.3, 0.4) is 0 Å². The molecule has 1 aromatic heterocycles. The fourth-order valence-corrected chi connectivity index (χ4v) is 3.42. The van der Waals surface area contributed by atoms with Crippen molar-refractivity contribution in [2.24, 2.45) is 4.99 Å². The Kier molecular flexibility index (Phi) is 4.15. The second-order valence-corrected chi connectivity index (χ2v) is 6.33. The molecule has 1 aromatic carbocycles. The normalized spacial score (nSPS) is 20.8. The van der Waals surface area contributed by atoms with Gasteiger partial charge in [-0.3, -0.25) is 10.2 Å². The monoisotopic (exact) mass is 313 g/mol. The van der Waals surface area contributed by atoms with Crippen LogP contribution >= 0.6 is 0 Å². The summed E-state index contributed by atoms with van der Waals surface area (Å²) in [6.45, 7) is 1.57. The van der Waals surface area contributed by atoms with Crippen LogP contribution in [0.25, 0.3) is 11.1 Å². The van der Waals surface area contributed by atoms with Gasteiger partial charge >= 0.3 is 6.01 Å². The Morgan fingerprint density at radius 1 is 1.13 bits per heavy atom. The van der Waals surface area contributed by atoms with Crippen LogP contribution in [-0.2, 0) is 0 Å². The van der Waals surface area contributed by atoms with E-state index in [0.29, 0.717) is 12.1 Å². The van der Waals surface area contributed by atoms with Crippen molar-refractivity contribution in [3.63, 3.8) is 0 Å². The van der Waals surface area contributed by atoms with Crippen LogP contribution in [0.1, 0.15) is 38.5 Å². The molecule has 0 radical (unpaired) electrons. The summed E-state index contributed by atoms with van der Waals surface area (Å²) in [6.07, 6.45) is 8.05. The molecule has 0 saturated heterocycles. The van der Waals surface area contributed by atoms with Crippen LogP contribution < -0.4 is 10.6 Å². The van der Waals surface area contributed by atoms with E-state index in [1.807, 2.05) is 24.3 Å². The molecule has 0 amide bonds. The number of aromatic nitrogens is 1. The number of nitrogens with one attached hydrogen (secondary N) is 2. The third kappa shape index (κ3) is 3.32. The number of fused-ring (bicyclic) bond motifs is 1. The molecule has 122 valence electrons. The van der Waals surface area contributed by atoms with Gasteiger partial charge in [-0.15, -0.1) is 0 Å². The van der Waals surface area contributed by atoms with E-state index in [1.54, 1.807) is 0 Å². The molecule has 0 bridgehead atoms. The standard InChI is InChI=1S/C17H23N5O/c1-2-4-8-13(7-3-1)22-11-18-16(19-12-22)21-17-20-14-9-5-6-10-15(14)23-17/h5-6,9-10,13H,1-4,7-8,11-12H2,(H2,18,19,20,21). The van der Waals surface area contributed by atoms with Crippen LogP contribution in [-0.4, -0.2) is 35.2 Å². The van der Waals surface area contributed by atoms with Gasteiger partial charge in [0.25, 0.3) is 0 Å². The van der Waals surface area contributed by atoms with E-state index in [9.17, 15) is 0 Å². The van der Waals surface area contributed by atoms with Crippen molar-refractivity contribution in [3.05, 3.63) is 24.3 Å². The minimum Gasteiger partial charge on any atom is -0.423 e. The van der Waals surface area contributed by atoms with Crippen molar-refractivity contribution < 1.29 is 4.42 Å². The predicted molar refractivity (Wildman–Crippen MR) is 91.3 cm³/mol. The average molecular weight is 313 g/mol. The molecule has 23 heavy (non-hydrogen) atoms. The van der Waals surface area contributed by atoms with Crippen LogP contribution in [0.2, 0.25) is 0 Å². The summed E-state index contributed by atoms with van der Waals surface area (Å²) in [4.78, 5) is 11.5. The Hall–Kier alpha value is -2.08. The van der Waals surface area contributed by atoms with Crippen LogP contribution in [0, 0.1) is 0 Å². The Balaban J connectivity index is 1.39. The molecule has 1 aliphatic carbocycles. The lowest BCUT2D eigenvalue weighted by molar-refractivity contribution is 0.172. The topological polar surface area (TPSA) is 65.7 Å². The molecular weight excluding hydrogens is 290 g/mol. The SMILES string of the molecule is c1ccc2oc(NC3=NCN(C4CCCCCC4)CN3)nc2c1. The van der Waals surface area contributed by atoms with Gasteiger partial charge in [-0.1, -0.05) is 37.8 Å². The largest absolute Gasteiger partial charge is 0.423 e. The Morgan fingerprint density at radius 3 is 2.70 bits per heavy atom. The number of anilines is 1. The highest BCUT2D eigenvalue weighted by atomic mass is 16.4. The Morgan fingerprint density at radius 2 is 1.96 bits per heavy atom. The molecule has 2 aliphatic rings. The van der Waals surface area contributed by atoms with Crippen LogP contribution in [0.4, 0.5) is 6.01 Å². The molecule has 1 saturated carbocycles. The van der Waals surface area contributed by atoms with Gasteiger partial charge in [0.05, 0.1) is 13.3 Å². The Labute approximate surface area is 136 Å². The van der Waals surface area contributed by atoms with E-state index in [2.05, 4.69) is 25.5 Å². The Bertz CT molecular complexity index is 654. The average Bonchev–Trinajstić information content (AvgIpc) is 2.80. The minimum atomic E-state index is 0.486. The molecule has 1 fully saturated rings. The van der Waals surface area contributed by atoms with Crippen LogP contribution in [0.15, 0.2) is 33.7 Å². The summed E-state index contributed by atoms with van der Waals surface area (Å²) in [5.41, 5.74) is 1.64. The number of hydrogen-bond acceptors (Lipinski definition) is 6. The molecule has 0 unspecified atom stereocenters. The summed E-state index contributed by atoms with van der Waals surface area (Å²) < 4.78 is 5.67. The van der Waals surface area contributed by atoms with Gasteiger partial charge in [-0.05, 0) is 25.0 Å². The fourth-order valence-electron chi connectivity index (χ4n) is 3.42. The molecule has 0 atom stereocenters. The minimum absolute atomic E-state index is 0.486. The van der Waals surface area contributed by atoms with Gasteiger partial charge in [-0.25, -0.2) is 4.99 Å². The zero-order valence-electron chi connectivity index (χ0n) is 13.3. The highest BCUT2D eigenvalue weighted by molar-refractivity contribution is 5.93. The number of hydrogen-bond donors (Lipinski definition) is 2. The number of guanidine groups is 1. The smallest absolute Gasteiger partial charge is 0.302 e. The molecule has 2 aromatic rings. The molecular formula is C17H23N5O. The molecule has 2 heterocycles. The van der Waals surface area contributed by atoms with E-state index >= 15 is 0 Å². The van der Waals surface area contributed by atoms with Gasteiger partial charge in [0.2, 0.25) is 5.96 Å². The molecule has 2 N–H and O–H groups in total. The maximum Gasteiger partial charge on any atom is 0.302 e. The highest BCUT2D eigenvalue weighted by Gasteiger charge is 2.22. The van der Waals surface area contributed by atoms with Gasteiger partial charge in [0, 0.05) is 6.04 Å². The summed E-state index contributed by atoms with van der Waals surface area (Å²) >= 11 is 0. The lowest BCUT2D eigenvalue weighted by Crippen LogP contribution is -2.49. The summed E-state index contributed by atoms with van der Waals surface area (Å²) in [5.74, 6) is 0.737. The number of para-hydroxylation sites is 2. The highest BCUT2D eigenvalue weighted by Crippen LogP contribution is 2.22. The zero-order valence-corrected chi connectivity index (χ0v) is 13.3. The van der Waals surface area contributed by atoms with Gasteiger partial charge in [0.15, 0.2) is 5.58 Å². The first kappa shape index (κ1) is 14.5. The molecule has 6 heteroatoms. The fraction of sp³-hybridized carbons (Fsp3) is 0.529. The van der Waals surface area contributed by atoms with Crippen molar-refractivity contribution >= 4 is 23.1 Å². The van der Waals surface area contributed by atoms with E-state index in [-0.39, 0.29) is 0 Å². The first-order valence-electron chi connectivity index (χ1n) is 8.53. The van der Waals surface area contributed by atoms with Crippen LogP contribution in [0.5, 0.6) is 0 Å². The molecule has 6 nitrogen and oxygen atoms in total. The van der Waals surface area contributed by atoms with E-state index in [1.165, 1.54) is 38.5 Å². The number of rotatable bonds is 2.